The molecule has 6 rings (SSSR count). The van der Waals surface area contributed by atoms with Crippen LogP contribution >= 0.6 is 0 Å². The van der Waals surface area contributed by atoms with Gasteiger partial charge in [0, 0.05) is 43.6 Å². The molecule has 1 atom stereocenters. The molecule has 0 aliphatic carbocycles. The summed E-state index contributed by atoms with van der Waals surface area (Å²) >= 11 is 0. The van der Waals surface area contributed by atoms with Crippen LogP contribution in [0.3, 0.4) is 0 Å². The summed E-state index contributed by atoms with van der Waals surface area (Å²) in [5, 5.41) is 9.50. The highest BCUT2D eigenvalue weighted by Crippen LogP contribution is 2.43. The first-order valence-electron chi connectivity index (χ1n) is 12.0. The lowest BCUT2D eigenvalue weighted by atomic mass is 9.86. The second-order valence-corrected chi connectivity index (χ2v) is 9.13. The number of methoxy groups -OCH3 is 1. The fourth-order valence-electron chi connectivity index (χ4n) is 5.56. The van der Waals surface area contributed by atoms with Crippen LogP contribution in [0.15, 0.2) is 54.9 Å². The molecule has 0 N–H and O–H groups in total. The molecule has 8 heteroatoms. The van der Waals surface area contributed by atoms with Gasteiger partial charge in [-0.25, -0.2) is 9.67 Å². The van der Waals surface area contributed by atoms with Gasteiger partial charge >= 0.3 is 0 Å². The van der Waals surface area contributed by atoms with Crippen LogP contribution in [0.5, 0.6) is 5.88 Å². The number of aryl methyl sites for hydroxylation is 2. The molecule has 1 aliphatic heterocycles. The van der Waals surface area contributed by atoms with E-state index in [0.717, 1.165) is 64.9 Å². The molecule has 0 bridgehead atoms. The van der Waals surface area contributed by atoms with Gasteiger partial charge in [-0.2, -0.15) is 0 Å². The molecule has 4 aromatic heterocycles. The molecule has 0 radical (unpaired) electrons. The first-order valence-corrected chi connectivity index (χ1v) is 12.0. The smallest absolute Gasteiger partial charge is 0.238 e. The Labute approximate surface area is 203 Å². The third kappa shape index (κ3) is 3.56. The second kappa shape index (κ2) is 8.78. The van der Waals surface area contributed by atoms with E-state index in [1.807, 2.05) is 26.2 Å². The van der Waals surface area contributed by atoms with Crippen LogP contribution in [0, 0.1) is 12.8 Å². The van der Waals surface area contributed by atoms with E-state index < -0.39 is 0 Å². The SMILES string of the molecule is COc1nccc2c3ncc(-c4c(C)nnn4C)cc3n([C@H](c3ccccc3)C3CCOCC3)c12. The Hall–Kier alpha value is -3.78. The quantitative estimate of drug-likeness (QED) is 0.372. The highest BCUT2D eigenvalue weighted by Gasteiger charge is 2.31. The lowest BCUT2D eigenvalue weighted by Crippen LogP contribution is -2.27. The average Bonchev–Trinajstić information content (AvgIpc) is 3.41. The summed E-state index contributed by atoms with van der Waals surface area (Å²) in [5.41, 5.74) is 7.03. The van der Waals surface area contributed by atoms with Crippen molar-refractivity contribution in [3.8, 4) is 17.1 Å². The molecule has 0 unspecified atom stereocenters. The van der Waals surface area contributed by atoms with Crippen LogP contribution < -0.4 is 4.74 Å². The van der Waals surface area contributed by atoms with Crippen LogP contribution in [0.1, 0.15) is 30.1 Å². The molecular weight excluding hydrogens is 440 g/mol. The first-order chi connectivity index (χ1) is 17.2. The zero-order valence-electron chi connectivity index (χ0n) is 20.2. The predicted molar refractivity (Wildman–Crippen MR) is 134 cm³/mol. The van der Waals surface area contributed by atoms with E-state index in [1.54, 1.807) is 18.0 Å². The van der Waals surface area contributed by atoms with Crippen molar-refractivity contribution >= 4 is 21.9 Å². The monoisotopic (exact) mass is 468 g/mol. The van der Waals surface area contributed by atoms with Gasteiger partial charge in [0.1, 0.15) is 5.52 Å². The number of pyridine rings is 2. The van der Waals surface area contributed by atoms with Crippen molar-refractivity contribution in [2.45, 2.75) is 25.8 Å². The topological polar surface area (TPSA) is 79.9 Å². The van der Waals surface area contributed by atoms with E-state index in [-0.39, 0.29) is 6.04 Å². The number of nitrogens with zero attached hydrogens (tertiary/aromatic N) is 6. The Balaban J connectivity index is 1.70. The molecule has 1 aromatic carbocycles. The molecule has 178 valence electrons. The van der Waals surface area contributed by atoms with Gasteiger partial charge in [-0.3, -0.25) is 4.98 Å². The van der Waals surface area contributed by atoms with Gasteiger partial charge in [-0.15, -0.1) is 5.10 Å². The predicted octanol–water partition coefficient (Wildman–Crippen LogP) is 4.71. The minimum absolute atomic E-state index is 0.0843. The highest BCUT2D eigenvalue weighted by atomic mass is 16.5. The Bertz CT molecular complexity index is 1480. The number of fused-ring (bicyclic) bond motifs is 3. The summed E-state index contributed by atoms with van der Waals surface area (Å²) in [6.07, 6.45) is 5.68. The van der Waals surface area contributed by atoms with E-state index in [1.165, 1.54) is 5.56 Å². The minimum atomic E-state index is 0.0843. The molecule has 8 nitrogen and oxygen atoms in total. The van der Waals surface area contributed by atoms with Crippen LogP contribution in [-0.4, -0.2) is 49.9 Å². The molecule has 1 saturated heterocycles. The zero-order chi connectivity index (χ0) is 23.9. The van der Waals surface area contributed by atoms with Crippen molar-refractivity contribution in [1.29, 1.82) is 0 Å². The Morgan fingerprint density at radius 1 is 1.09 bits per heavy atom. The summed E-state index contributed by atoms with van der Waals surface area (Å²) in [6, 6.07) is 15.0. The third-order valence-electron chi connectivity index (χ3n) is 7.11. The van der Waals surface area contributed by atoms with E-state index >= 15 is 0 Å². The number of hydrogen-bond acceptors (Lipinski definition) is 6. The number of benzene rings is 1. The van der Waals surface area contributed by atoms with Gasteiger partial charge < -0.3 is 14.0 Å². The van der Waals surface area contributed by atoms with Gasteiger partial charge in [-0.05, 0) is 43.4 Å². The van der Waals surface area contributed by atoms with Gasteiger partial charge in [-0.1, -0.05) is 35.5 Å². The second-order valence-electron chi connectivity index (χ2n) is 9.13. The standard InChI is InChI=1S/C27H28N6O2/c1-17-24(32(2)31-30-17)20-15-22-23(29-16-20)21-9-12-28-27(34-3)26(21)33(22)25(18-7-5-4-6-8-18)19-10-13-35-14-11-19/h4-9,12,15-16,19,25H,10-11,13-14H2,1-3H3/t25-/m1/s1. The van der Waals surface area contributed by atoms with Crippen molar-refractivity contribution in [1.82, 2.24) is 29.5 Å². The van der Waals surface area contributed by atoms with Gasteiger partial charge in [0.15, 0.2) is 0 Å². The molecule has 5 heterocycles. The van der Waals surface area contributed by atoms with Crippen molar-refractivity contribution in [3.63, 3.8) is 0 Å². The Kier molecular flexibility index (Phi) is 5.45. The summed E-state index contributed by atoms with van der Waals surface area (Å²) in [6.45, 7) is 3.51. The van der Waals surface area contributed by atoms with Crippen molar-refractivity contribution < 1.29 is 9.47 Å². The summed E-state index contributed by atoms with van der Waals surface area (Å²) in [4.78, 5) is 9.55. The molecule has 1 aliphatic rings. The highest BCUT2D eigenvalue weighted by molar-refractivity contribution is 6.08. The van der Waals surface area contributed by atoms with Gasteiger partial charge in [0.2, 0.25) is 5.88 Å². The van der Waals surface area contributed by atoms with Crippen LogP contribution in [-0.2, 0) is 11.8 Å². The molecule has 0 saturated carbocycles. The van der Waals surface area contributed by atoms with Crippen LogP contribution in [0.2, 0.25) is 0 Å². The van der Waals surface area contributed by atoms with Crippen molar-refractivity contribution in [2.24, 2.45) is 13.0 Å². The molecule has 5 aromatic rings. The number of rotatable bonds is 5. The number of hydrogen-bond donors (Lipinski definition) is 0. The minimum Gasteiger partial charge on any atom is -0.479 e. The molecule has 1 fully saturated rings. The van der Waals surface area contributed by atoms with Gasteiger partial charge in [0.25, 0.3) is 0 Å². The third-order valence-corrected chi connectivity index (χ3v) is 7.11. The molecule has 0 amide bonds. The summed E-state index contributed by atoms with van der Waals surface area (Å²) in [5.74, 6) is 1.01. The van der Waals surface area contributed by atoms with Crippen LogP contribution in [0.25, 0.3) is 33.2 Å². The zero-order valence-corrected chi connectivity index (χ0v) is 20.2. The Morgan fingerprint density at radius 2 is 1.89 bits per heavy atom. The number of ether oxygens (including phenoxy) is 2. The Morgan fingerprint density at radius 3 is 2.60 bits per heavy atom. The average molecular weight is 469 g/mol. The number of aromatic nitrogens is 6. The van der Waals surface area contributed by atoms with E-state index in [2.05, 4.69) is 56.3 Å². The van der Waals surface area contributed by atoms with E-state index in [9.17, 15) is 0 Å². The largest absolute Gasteiger partial charge is 0.479 e. The lowest BCUT2D eigenvalue weighted by Gasteiger charge is -2.33. The molecule has 0 spiro atoms. The van der Waals surface area contributed by atoms with E-state index in [4.69, 9.17) is 14.5 Å². The van der Waals surface area contributed by atoms with Crippen LogP contribution in [0.4, 0.5) is 0 Å². The van der Waals surface area contributed by atoms with Crippen molar-refractivity contribution in [3.05, 3.63) is 66.1 Å². The summed E-state index contributed by atoms with van der Waals surface area (Å²) < 4.78 is 15.8. The normalized spacial score (nSPS) is 15.6. The maximum atomic E-state index is 5.80. The van der Waals surface area contributed by atoms with Crippen molar-refractivity contribution in [2.75, 3.05) is 20.3 Å². The van der Waals surface area contributed by atoms with Gasteiger partial charge in [0.05, 0.1) is 35.6 Å². The molecular formula is C27H28N6O2. The lowest BCUT2D eigenvalue weighted by molar-refractivity contribution is 0.0552. The fourth-order valence-corrected chi connectivity index (χ4v) is 5.56. The first kappa shape index (κ1) is 21.7. The fraction of sp³-hybridized carbons (Fsp3) is 0.333. The maximum absolute atomic E-state index is 5.80. The summed E-state index contributed by atoms with van der Waals surface area (Å²) in [7, 11) is 3.59. The van der Waals surface area contributed by atoms with E-state index in [0.29, 0.717) is 11.8 Å². The molecule has 35 heavy (non-hydrogen) atoms. The maximum Gasteiger partial charge on any atom is 0.238 e.